The first-order valence-electron chi connectivity index (χ1n) is 8.18. The van der Waals surface area contributed by atoms with Gasteiger partial charge in [-0.15, -0.1) is 0 Å². The van der Waals surface area contributed by atoms with Gasteiger partial charge in [0.25, 0.3) is 0 Å². The summed E-state index contributed by atoms with van der Waals surface area (Å²) < 4.78 is 23.8. The van der Waals surface area contributed by atoms with Crippen LogP contribution in [0.1, 0.15) is 38.5 Å². The number of hydrogen-bond acceptors (Lipinski definition) is 4. The van der Waals surface area contributed by atoms with E-state index in [1.165, 1.54) is 36.3 Å². The fourth-order valence-electron chi connectivity index (χ4n) is 5.32. The van der Waals surface area contributed by atoms with Crippen molar-refractivity contribution in [3.8, 4) is 0 Å². The van der Waals surface area contributed by atoms with Crippen LogP contribution in [0.2, 0.25) is 0 Å². The molecule has 0 saturated heterocycles. The van der Waals surface area contributed by atoms with Crippen LogP contribution in [0.3, 0.4) is 0 Å². The zero-order valence-corrected chi connectivity index (χ0v) is 13.8. The maximum absolute atomic E-state index is 12.4. The van der Waals surface area contributed by atoms with E-state index < -0.39 is 10.0 Å². The minimum atomic E-state index is -3.78. The third-order valence-corrected chi connectivity index (χ3v) is 6.55. The Labute approximate surface area is 135 Å². The Morgan fingerprint density at radius 3 is 2.30 bits per heavy atom. The van der Waals surface area contributed by atoms with Gasteiger partial charge in [-0.3, -0.25) is 9.48 Å². The first-order valence-corrected chi connectivity index (χ1v) is 9.72. The number of nitrogens with two attached hydrogens (primary N) is 1. The molecule has 4 bridgehead atoms. The van der Waals surface area contributed by atoms with E-state index in [1.807, 2.05) is 0 Å². The molecule has 1 amide bonds. The molecule has 0 unspecified atom stereocenters. The molecule has 4 saturated carbocycles. The van der Waals surface area contributed by atoms with E-state index in [4.69, 9.17) is 5.14 Å². The fraction of sp³-hybridized carbons (Fsp3) is 0.733. The summed E-state index contributed by atoms with van der Waals surface area (Å²) in [5.74, 6) is 2.19. The number of hydrogen-bond donors (Lipinski definition) is 2. The number of primary sulfonamides is 1. The number of nitrogens with zero attached hydrogens (tertiary/aromatic N) is 2. The average Bonchev–Trinajstić information content (AvgIpc) is 2.84. The Balaban J connectivity index is 1.43. The molecule has 126 valence electrons. The minimum absolute atomic E-state index is 0.0251. The monoisotopic (exact) mass is 338 g/mol. The van der Waals surface area contributed by atoms with Gasteiger partial charge in [-0.1, -0.05) is 0 Å². The smallest absolute Gasteiger partial charge is 0.242 e. The third kappa shape index (κ3) is 2.89. The van der Waals surface area contributed by atoms with Crippen molar-refractivity contribution < 1.29 is 13.2 Å². The molecule has 4 fully saturated rings. The van der Waals surface area contributed by atoms with Gasteiger partial charge in [-0.05, 0) is 56.3 Å². The van der Waals surface area contributed by atoms with Crippen LogP contribution in [0.4, 0.5) is 0 Å². The number of carbonyl (C=O) groups excluding carboxylic acids is 1. The zero-order chi connectivity index (χ0) is 16.2. The van der Waals surface area contributed by atoms with Crippen LogP contribution < -0.4 is 10.5 Å². The lowest BCUT2D eigenvalue weighted by Crippen LogP contribution is -2.60. The molecule has 0 aliphatic heterocycles. The zero-order valence-electron chi connectivity index (χ0n) is 12.9. The highest BCUT2D eigenvalue weighted by Gasteiger charge is 2.51. The number of aromatic nitrogens is 2. The molecule has 7 nitrogen and oxygen atoms in total. The molecule has 4 aliphatic carbocycles. The Hall–Kier alpha value is -1.41. The van der Waals surface area contributed by atoms with Crippen molar-refractivity contribution in [2.75, 3.05) is 0 Å². The predicted octanol–water partition coefficient (Wildman–Crippen LogP) is 0.615. The lowest BCUT2D eigenvalue weighted by atomic mass is 9.53. The summed E-state index contributed by atoms with van der Waals surface area (Å²) in [6, 6.07) is 0. The van der Waals surface area contributed by atoms with Crippen molar-refractivity contribution in [2.24, 2.45) is 22.9 Å². The predicted molar refractivity (Wildman–Crippen MR) is 82.6 cm³/mol. The van der Waals surface area contributed by atoms with E-state index >= 15 is 0 Å². The third-order valence-electron chi connectivity index (χ3n) is 5.69. The molecule has 1 aromatic rings. The van der Waals surface area contributed by atoms with Gasteiger partial charge < -0.3 is 5.32 Å². The Bertz CT molecular complexity index is 704. The fourth-order valence-corrected chi connectivity index (χ4v) is 5.79. The highest BCUT2D eigenvalue weighted by molar-refractivity contribution is 7.89. The quantitative estimate of drug-likeness (QED) is 0.839. The topological polar surface area (TPSA) is 107 Å². The normalized spacial score (nSPS) is 35.4. The second-order valence-electron chi connectivity index (χ2n) is 7.66. The molecule has 0 spiro atoms. The van der Waals surface area contributed by atoms with Gasteiger partial charge in [0, 0.05) is 11.7 Å². The number of carbonyl (C=O) groups is 1. The molecule has 0 atom stereocenters. The van der Waals surface area contributed by atoms with Crippen LogP contribution >= 0.6 is 0 Å². The van der Waals surface area contributed by atoms with Crippen LogP contribution in [0.5, 0.6) is 0 Å². The molecular formula is C15H22N4O3S. The second kappa shape index (κ2) is 5.04. The van der Waals surface area contributed by atoms with Crippen molar-refractivity contribution in [3.63, 3.8) is 0 Å². The van der Waals surface area contributed by atoms with Crippen molar-refractivity contribution in [1.29, 1.82) is 0 Å². The molecular weight excluding hydrogens is 316 g/mol. The number of rotatable bonds is 4. The minimum Gasteiger partial charge on any atom is -0.349 e. The number of sulfonamides is 1. The molecule has 0 radical (unpaired) electrons. The van der Waals surface area contributed by atoms with Gasteiger partial charge in [-0.25, -0.2) is 13.6 Å². The molecule has 3 N–H and O–H groups in total. The van der Waals surface area contributed by atoms with E-state index in [1.54, 1.807) is 0 Å². The maximum atomic E-state index is 12.4. The van der Waals surface area contributed by atoms with Crippen LogP contribution in [0.25, 0.3) is 0 Å². The van der Waals surface area contributed by atoms with E-state index in [0.717, 1.165) is 37.0 Å². The van der Waals surface area contributed by atoms with Crippen LogP contribution in [-0.4, -0.2) is 29.6 Å². The Kier molecular flexibility index (Phi) is 3.32. The van der Waals surface area contributed by atoms with Gasteiger partial charge in [0.1, 0.15) is 11.4 Å². The molecule has 23 heavy (non-hydrogen) atoms. The molecule has 5 rings (SSSR count). The van der Waals surface area contributed by atoms with Gasteiger partial charge in [-0.2, -0.15) is 5.10 Å². The van der Waals surface area contributed by atoms with Crippen LogP contribution in [-0.2, 0) is 21.4 Å². The van der Waals surface area contributed by atoms with Crippen LogP contribution in [0.15, 0.2) is 17.3 Å². The average molecular weight is 338 g/mol. The van der Waals surface area contributed by atoms with Gasteiger partial charge >= 0.3 is 0 Å². The summed E-state index contributed by atoms with van der Waals surface area (Å²) >= 11 is 0. The lowest BCUT2D eigenvalue weighted by Gasteiger charge is -2.56. The van der Waals surface area contributed by atoms with Crippen LogP contribution in [0, 0.1) is 17.8 Å². The number of amides is 1. The maximum Gasteiger partial charge on any atom is 0.242 e. The van der Waals surface area contributed by atoms with Gasteiger partial charge in [0.2, 0.25) is 15.9 Å². The van der Waals surface area contributed by atoms with Gasteiger partial charge in [0.15, 0.2) is 0 Å². The van der Waals surface area contributed by atoms with E-state index in [0.29, 0.717) is 0 Å². The number of nitrogens with one attached hydrogen (secondary N) is 1. The van der Waals surface area contributed by atoms with E-state index in [9.17, 15) is 13.2 Å². The summed E-state index contributed by atoms with van der Waals surface area (Å²) in [6.07, 6.45) is 9.72. The summed E-state index contributed by atoms with van der Waals surface area (Å²) in [4.78, 5) is 12.3. The highest BCUT2D eigenvalue weighted by Crippen LogP contribution is 2.55. The molecule has 0 aromatic carbocycles. The highest BCUT2D eigenvalue weighted by atomic mass is 32.2. The van der Waals surface area contributed by atoms with Crippen molar-refractivity contribution in [3.05, 3.63) is 12.4 Å². The molecule has 4 aliphatic rings. The molecule has 1 aromatic heterocycles. The second-order valence-corrected chi connectivity index (χ2v) is 9.23. The standard InChI is InChI=1S/C15H22N4O3S/c16-23(21,22)13-7-17-19(8-13)9-14(20)18-15-4-10-1-11(5-15)3-12(2-10)6-15/h7-8,10-12H,1-6,9H2,(H,18,20)(H2,16,21,22). The first-order chi connectivity index (χ1) is 10.8. The molecule has 8 heteroatoms. The Morgan fingerprint density at radius 1 is 1.26 bits per heavy atom. The van der Waals surface area contributed by atoms with E-state index in [2.05, 4.69) is 10.4 Å². The van der Waals surface area contributed by atoms with Crippen molar-refractivity contribution in [1.82, 2.24) is 15.1 Å². The lowest BCUT2D eigenvalue weighted by molar-refractivity contribution is -0.127. The van der Waals surface area contributed by atoms with Crippen molar-refractivity contribution >= 4 is 15.9 Å². The summed E-state index contributed by atoms with van der Waals surface area (Å²) in [7, 11) is -3.78. The Morgan fingerprint density at radius 2 is 1.83 bits per heavy atom. The van der Waals surface area contributed by atoms with Crippen molar-refractivity contribution in [2.45, 2.75) is 55.5 Å². The first kappa shape index (κ1) is 15.1. The largest absolute Gasteiger partial charge is 0.349 e. The molecule has 1 heterocycles. The SMILES string of the molecule is NS(=O)(=O)c1cnn(CC(=O)NC23CC4CC(CC(C4)C2)C3)c1. The van der Waals surface area contributed by atoms with Gasteiger partial charge in [0.05, 0.1) is 6.20 Å². The summed E-state index contributed by atoms with van der Waals surface area (Å²) in [5, 5.41) is 12.2. The summed E-state index contributed by atoms with van der Waals surface area (Å²) in [6.45, 7) is 0.0251. The van der Waals surface area contributed by atoms with E-state index in [-0.39, 0.29) is 22.9 Å². The summed E-state index contributed by atoms with van der Waals surface area (Å²) in [5.41, 5.74) is -0.0399.